The lowest BCUT2D eigenvalue weighted by Gasteiger charge is -2.07. The van der Waals surface area contributed by atoms with Crippen LogP contribution in [0.25, 0.3) is 5.65 Å². The van der Waals surface area contributed by atoms with Crippen LogP contribution in [-0.2, 0) is 6.54 Å². The van der Waals surface area contributed by atoms with E-state index in [9.17, 15) is 9.59 Å². The van der Waals surface area contributed by atoms with E-state index in [1.807, 2.05) is 13.0 Å². The van der Waals surface area contributed by atoms with Gasteiger partial charge < -0.3 is 5.32 Å². The van der Waals surface area contributed by atoms with Crippen molar-refractivity contribution in [2.75, 3.05) is 6.54 Å². The van der Waals surface area contributed by atoms with E-state index in [0.717, 1.165) is 5.69 Å². The molecular weight excluding hydrogens is 282 g/mol. The van der Waals surface area contributed by atoms with Gasteiger partial charge in [-0.1, -0.05) is 6.07 Å². The highest BCUT2D eigenvalue weighted by Gasteiger charge is 2.12. The molecule has 3 aromatic heterocycles. The molecule has 7 heteroatoms. The van der Waals surface area contributed by atoms with E-state index in [1.165, 1.54) is 10.6 Å². The van der Waals surface area contributed by atoms with Gasteiger partial charge in [-0.2, -0.15) is 5.10 Å². The topological polar surface area (TPSA) is 81.3 Å². The molecule has 0 radical (unpaired) electrons. The SMILES string of the molecule is Cc1ccnn1CCNC(=O)c1cnc2ccccn2c1=O. The summed E-state index contributed by atoms with van der Waals surface area (Å²) in [6, 6.07) is 7.11. The summed E-state index contributed by atoms with van der Waals surface area (Å²) in [6.45, 7) is 2.87. The molecule has 0 spiro atoms. The summed E-state index contributed by atoms with van der Waals surface area (Å²) >= 11 is 0. The molecule has 1 N–H and O–H groups in total. The molecule has 0 atom stereocenters. The molecular formula is C15H15N5O2. The van der Waals surface area contributed by atoms with Gasteiger partial charge in [0.2, 0.25) is 0 Å². The predicted octanol–water partition coefficient (Wildman–Crippen LogP) is 0.629. The van der Waals surface area contributed by atoms with Crippen LogP contribution in [0.15, 0.2) is 47.7 Å². The summed E-state index contributed by atoms with van der Waals surface area (Å²) in [5.41, 5.74) is 1.18. The smallest absolute Gasteiger partial charge is 0.270 e. The van der Waals surface area contributed by atoms with E-state index in [1.54, 1.807) is 35.3 Å². The second-order valence-electron chi connectivity index (χ2n) is 4.86. The van der Waals surface area contributed by atoms with Gasteiger partial charge in [0.1, 0.15) is 11.2 Å². The molecule has 0 unspecified atom stereocenters. The van der Waals surface area contributed by atoms with Crippen LogP contribution in [0.1, 0.15) is 16.1 Å². The Bertz CT molecular complexity index is 881. The first kappa shape index (κ1) is 14.0. The summed E-state index contributed by atoms with van der Waals surface area (Å²) in [4.78, 5) is 28.5. The number of carbonyl (C=O) groups is 1. The average Bonchev–Trinajstić information content (AvgIpc) is 2.93. The summed E-state index contributed by atoms with van der Waals surface area (Å²) in [6.07, 6.45) is 4.61. The van der Waals surface area contributed by atoms with Gasteiger partial charge in [-0.15, -0.1) is 0 Å². The lowest BCUT2D eigenvalue weighted by atomic mass is 10.3. The van der Waals surface area contributed by atoms with Crippen molar-refractivity contribution in [1.82, 2.24) is 24.5 Å². The Balaban J connectivity index is 1.74. The van der Waals surface area contributed by atoms with Crippen LogP contribution in [-0.4, -0.2) is 31.6 Å². The quantitative estimate of drug-likeness (QED) is 0.766. The monoisotopic (exact) mass is 297 g/mol. The minimum absolute atomic E-state index is 0.0286. The van der Waals surface area contributed by atoms with Crippen LogP contribution in [0.2, 0.25) is 0 Å². The zero-order valence-corrected chi connectivity index (χ0v) is 12.1. The second kappa shape index (κ2) is 5.80. The molecule has 0 saturated carbocycles. The van der Waals surface area contributed by atoms with Gasteiger partial charge in [0, 0.05) is 30.8 Å². The van der Waals surface area contributed by atoms with Crippen LogP contribution in [0, 0.1) is 6.92 Å². The molecule has 0 aromatic carbocycles. The Morgan fingerprint density at radius 2 is 2.18 bits per heavy atom. The standard InChI is InChI=1S/C15H15N5O2/c1-11-5-6-18-20(11)9-7-16-14(21)12-10-17-13-4-2-3-8-19(13)15(12)22/h2-6,8,10H,7,9H2,1H3,(H,16,21). The van der Waals surface area contributed by atoms with Gasteiger partial charge >= 0.3 is 0 Å². The maximum Gasteiger partial charge on any atom is 0.270 e. The molecule has 0 fully saturated rings. The molecule has 0 aliphatic carbocycles. The highest BCUT2D eigenvalue weighted by molar-refractivity contribution is 5.93. The fourth-order valence-electron chi connectivity index (χ4n) is 2.19. The van der Waals surface area contributed by atoms with Crippen molar-refractivity contribution in [1.29, 1.82) is 0 Å². The molecule has 0 aliphatic rings. The van der Waals surface area contributed by atoms with Crippen LogP contribution < -0.4 is 10.9 Å². The third-order valence-corrected chi connectivity index (χ3v) is 3.40. The van der Waals surface area contributed by atoms with Gasteiger partial charge in [-0.05, 0) is 25.1 Å². The normalized spacial score (nSPS) is 10.8. The van der Waals surface area contributed by atoms with Crippen LogP contribution >= 0.6 is 0 Å². The number of hydrogen-bond donors (Lipinski definition) is 1. The molecule has 0 bridgehead atoms. The third-order valence-electron chi connectivity index (χ3n) is 3.40. The van der Waals surface area contributed by atoms with Crippen molar-refractivity contribution in [3.8, 4) is 0 Å². The van der Waals surface area contributed by atoms with E-state index < -0.39 is 5.91 Å². The number of carbonyl (C=O) groups excluding carboxylic acids is 1. The van der Waals surface area contributed by atoms with Crippen molar-refractivity contribution >= 4 is 11.6 Å². The Labute approximate surface area is 126 Å². The van der Waals surface area contributed by atoms with Gasteiger partial charge in [-0.3, -0.25) is 18.7 Å². The Morgan fingerprint density at radius 1 is 1.32 bits per heavy atom. The lowest BCUT2D eigenvalue weighted by Crippen LogP contribution is -2.33. The minimum Gasteiger partial charge on any atom is -0.350 e. The van der Waals surface area contributed by atoms with Crippen molar-refractivity contribution in [3.05, 3.63) is 64.5 Å². The van der Waals surface area contributed by atoms with Gasteiger partial charge in [0.25, 0.3) is 11.5 Å². The van der Waals surface area contributed by atoms with E-state index in [4.69, 9.17) is 0 Å². The first-order chi connectivity index (χ1) is 10.7. The molecule has 3 aromatic rings. The van der Waals surface area contributed by atoms with E-state index in [2.05, 4.69) is 15.4 Å². The van der Waals surface area contributed by atoms with E-state index in [-0.39, 0.29) is 11.1 Å². The van der Waals surface area contributed by atoms with Crippen molar-refractivity contribution in [2.45, 2.75) is 13.5 Å². The van der Waals surface area contributed by atoms with Gasteiger partial charge in [0.15, 0.2) is 0 Å². The number of aromatic nitrogens is 4. The highest BCUT2D eigenvalue weighted by atomic mass is 16.2. The maximum absolute atomic E-state index is 12.3. The van der Waals surface area contributed by atoms with E-state index >= 15 is 0 Å². The predicted molar refractivity (Wildman–Crippen MR) is 80.8 cm³/mol. The lowest BCUT2D eigenvalue weighted by molar-refractivity contribution is 0.0950. The first-order valence-corrected chi connectivity index (χ1v) is 6.90. The zero-order valence-electron chi connectivity index (χ0n) is 12.1. The molecule has 0 saturated heterocycles. The van der Waals surface area contributed by atoms with Crippen LogP contribution in [0.4, 0.5) is 0 Å². The minimum atomic E-state index is -0.430. The van der Waals surface area contributed by atoms with Gasteiger partial charge in [-0.25, -0.2) is 4.98 Å². The average molecular weight is 297 g/mol. The molecule has 3 heterocycles. The highest BCUT2D eigenvalue weighted by Crippen LogP contribution is 1.98. The zero-order chi connectivity index (χ0) is 15.5. The molecule has 22 heavy (non-hydrogen) atoms. The summed E-state index contributed by atoms with van der Waals surface area (Å²) < 4.78 is 3.14. The third kappa shape index (κ3) is 2.60. The van der Waals surface area contributed by atoms with Crippen molar-refractivity contribution in [3.63, 3.8) is 0 Å². The summed E-state index contributed by atoms with van der Waals surface area (Å²) in [7, 11) is 0. The maximum atomic E-state index is 12.3. The molecule has 7 nitrogen and oxygen atoms in total. The number of nitrogens with zero attached hydrogens (tertiary/aromatic N) is 4. The molecule has 3 rings (SSSR count). The van der Waals surface area contributed by atoms with Gasteiger partial charge in [0.05, 0.1) is 6.54 Å². The second-order valence-corrected chi connectivity index (χ2v) is 4.86. The fraction of sp³-hybridized carbons (Fsp3) is 0.200. The summed E-state index contributed by atoms with van der Waals surface area (Å²) in [5.74, 6) is -0.430. The first-order valence-electron chi connectivity index (χ1n) is 6.90. The molecule has 1 amide bonds. The number of pyridine rings is 1. The molecule has 0 aliphatic heterocycles. The number of hydrogen-bond acceptors (Lipinski definition) is 4. The van der Waals surface area contributed by atoms with E-state index in [0.29, 0.717) is 18.7 Å². The Kier molecular flexibility index (Phi) is 3.69. The number of rotatable bonds is 4. The number of fused-ring (bicyclic) bond motifs is 1. The number of amides is 1. The molecule has 112 valence electrons. The fourth-order valence-corrected chi connectivity index (χ4v) is 2.19. The van der Waals surface area contributed by atoms with Crippen LogP contribution in [0.5, 0.6) is 0 Å². The van der Waals surface area contributed by atoms with Crippen molar-refractivity contribution < 1.29 is 4.79 Å². The van der Waals surface area contributed by atoms with Crippen molar-refractivity contribution in [2.24, 2.45) is 0 Å². The largest absolute Gasteiger partial charge is 0.350 e. The Morgan fingerprint density at radius 3 is 2.95 bits per heavy atom. The Hall–Kier alpha value is -2.96. The van der Waals surface area contributed by atoms with Crippen LogP contribution in [0.3, 0.4) is 0 Å². The number of aryl methyl sites for hydroxylation is 1. The summed E-state index contributed by atoms with van der Waals surface area (Å²) in [5, 5.41) is 6.85. The number of nitrogens with one attached hydrogen (secondary N) is 1.